The molecule has 0 radical (unpaired) electrons. The highest BCUT2D eigenvalue weighted by Crippen LogP contribution is 2.34. The van der Waals surface area contributed by atoms with Crippen molar-refractivity contribution in [2.45, 2.75) is 18.8 Å². The summed E-state index contributed by atoms with van der Waals surface area (Å²) in [5.74, 6) is -0.00963. The zero-order chi connectivity index (χ0) is 17.9. The van der Waals surface area contributed by atoms with Crippen LogP contribution in [0.5, 0.6) is 0 Å². The van der Waals surface area contributed by atoms with E-state index in [1.165, 1.54) is 31.2 Å². The summed E-state index contributed by atoms with van der Waals surface area (Å²) < 4.78 is 19.9. The highest BCUT2D eigenvalue weighted by Gasteiger charge is 2.38. The number of nitrogens with zero attached hydrogens (tertiary/aromatic N) is 3. The first-order valence-electron chi connectivity index (χ1n) is 9.11. The van der Waals surface area contributed by atoms with Crippen LogP contribution in [0.1, 0.15) is 34.9 Å². The molecule has 0 aromatic carbocycles. The molecule has 2 atom stereocenters. The number of rotatable bonds is 6. The Bertz CT molecular complexity index is 767. The van der Waals surface area contributed by atoms with Gasteiger partial charge in [-0.2, -0.15) is 0 Å². The molecule has 3 heterocycles. The number of carbonyl (C=O) groups is 1. The van der Waals surface area contributed by atoms with Crippen LogP contribution in [-0.4, -0.2) is 47.1 Å². The molecule has 2 fully saturated rings. The van der Waals surface area contributed by atoms with Crippen molar-refractivity contribution in [3.8, 4) is 0 Å². The molecule has 6 heteroatoms. The van der Waals surface area contributed by atoms with Gasteiger partial charge in [-0.3, -0.25) is 9.78 Å². The van der Waals surface area contributed by atoms with E-state index in [4.69, 9.17) is 4.74 Å². The van der Waals surface area contributed by atoms with Crippen LogP contribution in [-0.2, 0) is 4.74 Å². The normalized spacial score (nSPS) is 22.6. The Balaban J connectivity index is 1.50. The third-order valence-corrected chi connectivity index (χ3v) is 5.14. The molecule has 136 valence electrons. The Kier molecular flexibility index (Phi) is 4.93. The van der Waals surface area contributed by atoms with E-state index in [1.807, 2.05) is 18.2 Å². The monoisotopic (exact) mass is 355 g/mol. The Labute approximate surface area is 152 Å². The zero-order valence-corrected chi connectivity index (χ0v) is 14.6. The fraction of sp³-hybridized carbons (Fsp3) is 0.450. The lowest BCUT2D eigenvalue weighted by molar-refractivity contribution is 0.0730. The zero-order valence-electron chi connectivity index (χ0n) is 14.6. The summed E-state index contributed by atoms with van der Waals surface area (Å²) in [6.07, 6.45) is 5.70. The SMILES string of the molecule is O=C(c1ncccc1F)N1C[C@@H](COCC2CC2)[C@H](c2ccccn2)C1. The van der Waals surface area contributed by atoms with Crippen molar-refractivity contribution in [3.63, 3.8) is 0 Å². The third-order valence-electron chi connectivity index (χ3n) is 5.14. The fourth-order valence-corrected chi connectivity index (χ4v) is 3.50. The average Bonchev–Trinajstić information content (AvgIpc) is 3.39. The summed E-state index contributed by atoms with van der Waals surface area (Å²) in [4.78, 5) is 22.8. The minimum atomic E-state index is -0.583. The molecule has 0 unspecified atom stereocenters. The fourth-order valence-electron chi connectivity index (χ4n) is 3.50. The van der Waals surface area contributed by atoms with Gasteiger partial charge in [0.15, 0.2) is 11.5 Å². The molecule has 1 aliphatic heterocycles. The van der Waals surface area contributed by atoms with Crippen LogP contribution < -0.4 is 0 Å². The first kappa shape index (κ1) is 17.1. The Hall–Kier alpha value is -2.34. The van der Waals surface area contributed by atoms with Crippen LogP contribution >= 0.6 is 0 Å². The van der Waals surface area contributed by atoms with Gasteiger partial charge in [-0.05, 0) is 43.0 Å². The number of carbonyl (C=O) groups excluding carboxylic acids is 1. The Morgan fingerprint density at radius 3 is 2.69 bits per heavy atom. The largest absolute Gasteiger partial charge is 0.381 e. The molecule has 4 rings (SSSR count). The molecule has 2 aliphatic rings. The van der Waals surface area contributed by atoms with Crippen LogP contribution in [0, 0.1) is 17.7 Å². The predicted molar refractivity (Wildman–Crippen MR) is 94.1 cm³/mol. The molecule has 26 heavy (non-hydrogen) atoms. The molecule has 1 aliphatic carbocycles. The van der Waals surface area contributed by atoms with Crippen molar-refractivity contribution < 1.29 is 13.9 Å². The number of amides is 1. The summed E-state index contributed by atoms with van der Waals surface area (Å²) in [5, 5.41) is 0. The van der Waals surface area contributed by atoms with E-state index in [-0.39, 0.29) is 23.4 Å². The topological polar surface area (TPSA) is 55.3 Å². The summed E-state index contributed by atoms with van der Waals surface area (Å²) in [7, 11) is 0. The van der Waals surface area contributed by atoms with Gasteiger partial charge in [0.05, 0.1) is 6.61 Å². The maximum atomic E-state index is 14.0. The summed E-state index contributed by atoms with van der Waals surface area (Å²) in [6.45, 7) is 2.41. The van der Waals surface area contributed by atoms with Crippen molar-refractivity contribution in [1.29, 1.82) is 0 Å². The van der Waals surface area contributed by atoms with Crippen LogP contribution in [0.25, 0.3) is 0 Å². The van der Waals surface area contributed by atoms with E-state index in [0.717, 1.165) is 12.3 Å². The lowest BCUT2D eigenvalue weighted by atomic mass is 9.93. The van der Waals surface area contributed by atoms with Gasteiger partial charge >= 0.3 is 0 Å². The standard InChI is InChI=1S/C20H22FN3O2/c21-17-4-3-9-23-19(17)20(25)24-10-15(13-26-12-14-6-7-14)16(11-24)18-5-1-2-8-22-18/h1-5,8-9,14-16H,6-7,10-13H2/t15-,16+/m0/s1. The quantitative estimate of drug-likeness (QED) is 0.800. The Morgan fingerprint density at radius 1 is 1.12 bits per heavy atom. The highest BCUT2D eigenvalue weighted by atomic mass is 19.1. The predicted octanol–water partition coefficient (Wildman–Crippen LogP) is 2.90. The van der Waals surface area contributed by atoms with Crippen molar-refractivity contribution in [3.05, 3.63) is 59.9 Å². The maximum absolute atomic E-state index is 14.0. The number of hydrogen-bond donors (Lipinski definition) is 0. The number of halogens is 1. The smallest absolute Gasteiger partial charge is 0.275 e. The lowest BCUT2D eigenvalue weighted by Gasteiger charge is -2.17. The second-order valence-electron chi connectivity index (χ2n) is 7.15. The van der Waals surface area contributed by atoms with E-state index < -0.39 is 5.82 Å². The van der Waals surface area contributed by atoms with Gasteiger partial charge < -0.3 is 9.64 Å². The molecular formula is C20H22FN3O2. The van der Waals surface area contributed by atoms with Crippen molar-refractivity contribution in [2.75, 3.05) is 26.3 Å². The second-order valence-corrected chi connectivity index (χ2v) is 7.15. The maximum Gasteiger partial charge on any atom is 0.275 e. The van der Waals surface area contributed by atoms with Gasteiger partial charge in [0.2, 0.25) is 0 Å². The van der Waals surface area contributed by atoms with E-state index in [9.17, 15) is 9.18 Å². The average molecular weight is 355 g/mol. The van der Waals surface area contributed by atoms with Gasteiger partial charge in [0.1, 0.15) is 0 Å². The van der Waals surface area contributed by atoms with E-state index >= 15 is 0 Å². The van der Waals surface area contributed by atoms with E-state index in [1.54, 1.807) is 11.1 Å². The van der Waals surface area contributed by atoms with Crippen LogP contribution in [0.4, 0.5) is 4.39 Å². The summed E-state index contributed by atoms with van der Waals surface area (Å²) >= 11 is 0. The minimum absolute atomic E-state index is 0.0890. The molecule has 5 nitrogen and oxygen atoms in total. The second kappa shape index (κ2) is 7.50. The Morgan fingerprint density at radius 2 is 1.96 bits per heavy atom. The summed E-state index contributed by atoms with van der Waals surface area (Å²) in [6, 6.07) is 8.56. The third kappa shape index (κ3) is 3.75. The van der Waals surface area contributed by atoms with Gasteiger partial charge in [-0.25, -0.2) is 9.37 Å². The van der Waals surface area contributed by atoms with Crippen molar-refractivity contribution in [1.82, 2.24) is 14.9 Å². The van der Waals surface area contributed by atoms with Gasteiger partial charge in [-0.1, -0.05) is 6.07 Å². The van der Waals surface area contributed by atoms with Crippen molar-refractivity contribution >= 4 is 5.91 Å². The summed E-state index contributed by atoms with van der Waals surface area (Å²) in [5.41, 5.74) is 0.830. The molecular weight excluding hydrogens is 333 g/mol. The first-order chi connectivity index (χ1) is 12.7. The molecule has 2 aromatic rings. The van der Waals surface area contributed by atoms with E-state index in [2.05, 4.69) is 9.97 Å². The van der Waals surface area contributed by atoms with Crippen LogP contribution in [0.2, 0.25) is 0 Å². The molecule has 0 bridgehead atoms. The molecule has 0 spiro atoms. The number of aromatic nitrogens is 2. The number of pyridine rings is 2. The highest BCUT2D eigenvalue weighted by molar-refractivity contribution is 5.92. The molecule has 0 N–H and O–H groups in total. The molecule has 2 aromatic heterocycles. The first-order valence-corrected chi connectivity index (χ1v) is 9.11. The lowest BCUT2D eigenvalue weighted by Crippen LogP contribution is -2.30. The minimum Gasteiger partial charge on any atom is -0.381 e. The van der Waals surface area contributed by atoms with Gasteiger partial charge in [0, 0.05) is 49.6 Å². The van der Waals surface area contributed by atoms with Gasteiger partial charge in [0.25, 0.3) is 5.91 Å². The molecule has 1 amide bonds. The molecule has 1 saturated carbocycles. The van der Waals surface area contributed by atoms with E-state index in [0.29, 0.717) is 25.6 Å². The molecule has 1 saturated heterocycles. The van der Waals surface area contributed by atoms with Crippen LogP contribution in [0.15, 0.2) is 42.7 Å². The van der Waals surface area contributed by atoms with Crippen LogP contribution in [0.3, 0.4) is 0 Å². The van der Waals surface area contributed by atoms with Crippen molar-refractivity contribution in [2.24, 2.45) is 11.8 Å². The number of likely N-dealkylation sites (tertiary alicyclic amines) is 1. The number of ether oxygens (including phenoxy) is 1. The van der Waals surface area contributed by atoms with Gasteiger partial charge in [-0.15, -0.1) is 0 Å². The number of hydrogen-bond acceptors (Lipinski definition) is 4.